The summed E-state index contributed by atoms with van der Waals surface area (Å²) in [5.41, 5.74) is 2.31. The second-order valence-corrected chi connectivity index (χ2v) is 20.6. The van der Waals surface area contributed by atoms with Crippen LogP contribution in [0.4, 0.5) is 31.4 Å². The van der Waals surface area contributed by atoms with E-state index in [4.69, 9.17) is 37.7 Å². The van der Waals surface area contributed by atoms with Crippen LogP contribution >= 0.6 is 39.1 Å². The summed E-state index contributed by atoms with van der Waals surface area (Å²) >= 11 is 16.1. The Balaban J connectivity index is 0.974. The maximum absolute atomic E-state index is 15.6. The first-order valence-corrected chi connectivity index (χ1v) is 24.2. The number of halogens is 4. The van der Waals surface area contributed by atoms with Crippen LogP contribution in [0.1, 0.15) is 80.9 Å². The highest BCUT2D eigenvalue weighted by atomic mass is 79.9. The summed E-state index contributed by atoms with van der Waals surface area (Å²) in [6.07, 6.45) is 1.69. The number of hydrogen-bond acceptors (Lipinski definition) is 13. The topological polar surface area (TPSA) is 191 Å². The zero-order valence-electron chi connectivity index (χ0n) is 39.9. The monoisotopic (exact) mass is 1060 g/mol. The van der Waals surface area contributed by atoms with Crippen LogP contribution in [0, 0.1) is 5.82 Å². The van der Waals surface area contributed by atoms with Gasteiger partial charge in [0.25, 0.3) is 0 Å². The molecule has 3 aromatic carbocycles. The van der Waals surface area contributed by atoms with E-state index in [1.165, 1.54) is 0 Å². The number of piperazine rings is 1. The normalized spacial score (nSPS) is 15.7. The molecule has 21 heteroatoms. The minimum atomic E-state index is -0.615. The lowest BCUT2D eigenvalue weighted by molar-refractivity contribution is -0.137. The summed E-state index contributed by atoms with van der Waals surface area (Å²) in [5, 5.41) is 12.4. The lowest BCUT2D eigenvalue weighted by Gasteiger charge is -2.36. The molecule has 1 aromatic heterocycles. The SMILES string of the molecule is CN(CCC(C)(C)OCCNc1nc(N2CCN(C(=O)OC(C)(C)C)CC2)c2cc(Cl)c(Br)c(F)c2n1)Cc1cc(Cl)cc(NC(=O)NCc2ccc(C=O)c(CN(C)C3CCC(=O)NC3=O)c2)c1. The van der Waals surface area contributed by atoms with Gasteiger partial charge in [0.2, 0.25) is 17.8 Å². The van der Waals surface area contributed by atoms with Crippen LogP contribution < -0.4 is 26.2 Å². The Morgan fingerprint density at radius 3 is 2.43 bits per heavy atom. The van der Waals surface area contributed by atoms with Crippen LogP contribution in [0.25, 0.3) is 10.9 Å². The Hall–Kier alpha value is -5.18. The number of urea groups is 1. The number of aldehydes is 1. The molecule has 372 valence electrons. The molecule has 5 amide bonds. The molecule has 1 atom stereocenters. The van der Waals surface area contributed by atoms with Crippen molar-refractivity contribution in [3.8, 4) is 0 Å². The Kier molecular flexibility index (Phi) is 17.8. The number of anilines is 3. The van der Waals surface area contributed by atoms with Gasteiger partial charge in [-0.3, -0.25) is 24.6 Å². The van der Waals surface area contributed by atoms with Gasteiger partial charge in [0.05, 0.1) is 27.7 Å². The van der Waals surface area contributed by atoms with Crippen molar-refractivity contribution in [1.82, 2.24) is 35.3 Å². The van der Waals surface area contributed by atoms with E-state index in [1.54, 1.807) is 41.1 Å². The number of rotatable bonds is 18. The lowest BCUT2D eigenvalue weighted by atomic mass is 10.0. The van der Waals surface area contributed by atoms with Crippen LogP contribution in [-0.2, 0) is 38.7 Å². The molecule has 17 nitrogen and oxygen atoms in total. The predicted molar refractivity (Wildman–Crippen MR) is 268 cm³/mol. The Morgan fingerprint density at radius 2 is 1.74 bits per heavy atom. The van der Waals surface area contributed by atoms with Crippen molar-refractivity contribution in [2.24, 2.45) is 0 Å². The van der Waals surface area contributed by atoms with Crippen LogP contribution in [0.5, 0.6) is 0 Å². The van der Waals surface area contributed by atoms with Gasteiger partial charge in [-0.05, 0) is 118 Å². The van der Waals surface area contributed by atoms with Gasteiger partial charge in [-0.25, -0.2) is 19.0 Å². The number of nitrogens with one attached hydrogen (secondary N) is 4. The number of nitrogens with zero attached hydrogens (tertiary/aromatic N) is 6. The van der Waals surface area contributed by atoms with Crippen LogP contribution in [0.15, 0.2) is 46.9 Å². The Bertz CT molecular complexity index is 2560. The summed E-state index contributed by atoms with van der Waals surface area (Å²) in [6, 6.07) is 11.3. The maximum atomic E-state index is 15.6. The number of fused-ring (bicyclic) bond motifs is 1. The number of imide groups is 1. The van der Waals surface area contributed by atoms with Gasteiger partial charge in [-0.15, -0.1) is 0 Å². The number of benzene rings is 3. The van der Waals surface area contributed by atoms with Gasteiger partial charge in [0.1, 0.15) is 23.2 Å². The van der Waals surface area contributed by atoms with Crippen molar-refractivity contribution in [2.45, 2.75) is 90.8 Å². The van der Waals surface area contributed by atoms with E-state index in [2.05, 4.69) is 47.1 Å². The first-order chi connectivity index (χ1) is 32.6. The van der Waals surface area contributed by atoms with E-state index < -0.39 is 29.1 Å². The van der Waals surface area contributed by atoms with E-state index in [0.29, 0.717) is 105 Å². The Morgan fingerprint density at radius 1 is 1.00 bits per heavy atom. The van der Waals surface area contributed by atoms with Gasteiger partial charge in [0, 0.05) is 87.0 Å². The highest BCUT2D eigenvalue weighted by Crippen LogP contribution is 2.36. The molecule has 0 bridgehead atoms. The fraction of sp³-hybridized carbons (Fsp3) is 0.479. The van der Waals surface area contributed by atoms with E-state index in [-0.39, 0.29) is 51.8 Å². The lowest BCUT2D eigenvalue weighted by Crippen LogP contribution is -2.51. The molecule has 69 heavy (non-hydrogen) atoms. The quantitative estimate of drug-likeness (QED) is 0.0325. The number of carbonyl (C=O) groups is 5. The van der Waals surface area contributed by atoms with E-state index in [1.807, 2.05) is 64.8 Å². The molecule has 1 unspecified atom stereocenters. The van der Waals surface area contributed by atoms with Gasteiger partial charge in [0.15, 0.2) is 5.82 Å². The minimum Gasteiger partial charge on any atom is -0.444 e. The zero-order valence-corrected chi connectivity index (χ0v) is 43.0. The maximum Gasteiger partial charge on any atom is 0.410 e. The smallest absolute Gasteiger partial charge is 0.410 e. The standard InChI is InChI=1S/C48H60BrCl2FN10O7/c1-47(2,3)69-46(67)62-17-15-61(16-18-62)42-35-24-36(51)39(49)40(52)41(35)57-44(58-42)53-13-19-68-48(4,5)12-14-59(6)26-30-21-33(50)23-34(22-30)55-45(66)54-25-29-8-9-31(28-63)32(20-29)27-60(7)37-10-11-38(64)56-43(37)65/h8-9,20-24,28,37H,10-19,25-27H2,1-7H3,(H,53,57,58)(H2,54,55,66)(H,56,64,65). The molecular weight excluding hydrogens is 998 g/mol. The average molecular weight is 1060 g/mol. The number of amides is 5. The fourth-order valence-electron chi connectivity index (χ4n) is 7.99. The number of ether oxygens (including phenoxy) is 2. The molecule has 0 radical (unpaired) electrons. The van der Waals surface area contributed by atoms with Crippen LogP contribution in [-0.4, -0.2) is 132 Å². The second kappa shape index (κ2) is 23.2. The highest BCUT2D eigenvalue weighted by Gasteiger charge is 2.31. The molecule has 2 saturated heterocycles. The van der Waals surface area contributed by atoms with Crippen molar-refractivity contribution >= 4 is 97.7 Å². The van der Waals surface area contributed by atoms with Crippen molar-refractivity contribution in [1.29, 1.82) is 0 Å². The third-order valence-corrected chi connectivity index (χ3v) is 13.1. The van der Waals surface area contributed by atoms with Crippen molar-refractivity contribution < 1.29 is 37.8 Å². The first-order valence-electron chi connectivity index (χ1n) is 22.7. The number of hydrogen-bond donors (Lipinski definition) is 4. The molecule has 2 aliphatic rings. The van der Waals surface area contributed by atoms with Crippen molar-refractivity contribution in [3.05, 3.63) is 85.1 Å². The largest absolute Gasteiger partial charge is 0.444 e. The summed E-state index contributed by atoms with van der Waals surface area (Å²) in [4.78, 5) is 78.5. The molecule has 2 aliphatic heterocycles. The fourth-order valence-corrected chi connectivity index (χ4v) is 8.74. The number of piperidine rings is 1. The average Bonchev–Trinajstić information content (AvgIpc) is 3.27. The molecule has 4 aromatic rings. The van der Waals surface area contributed by atoms with Gasteiger partial charge in [-0.2, -0.15) is 4.98 Å². The Labute approximate surface area is 420 Å². The number of likely N-dealkylation sites (N-methyl/N-ethyl adjacent to an activating group) is 1. The summed E-state index contributed by atoms with van der Waals surface area (Å²) in [7, 11) is 3.76. The second-order valence-electron chi connectivity index (χ2n) is 18.9. The van der Waals surface area contributed by atoms with E-state index in [0.717, 1.165) is 17.4 Å². The van der Waals surface area contributed by atoms with Gasteiger partial charge >= 0.3 is 12.1 Å². The third-order valence-electron chi connectivity index (χ3n) is 11.6. The summed E-state index contributed by atoms with van der Waals surface area (Å²) < 4.78 is 27.6. The molecule has 4 N–H and O–H groups in total. The molecule has 0 spiro atoms. The first kappa shape index (κ1) is 53.2. The van der Waals surface area contributed by atoms with Gasteiger partial charge < -0.3 is 40.1 Å². The molecule has 2 fully saturated rings. The molecular formula is C48H60BrCl2FN10O7. The van der Waals surface area contributed by atoms with Crippen LogP contribution in [0.2, 0.25) is 10.0 Å². The van der Waals surface area contributed by atoms with Crippen LogP contribution in [0.3, 0.4) is 0 Å². The van der Waals surface area contributed by atoms with Crippen molar-refractivity contribution in [3.63, 3.8) is 0 Å². The summed E-state index contributed by atoms with van der Waals surface area (Å²) in [5.74, 6) is -0.536. The highest BCUT2D eigenvalue weighted by molar-refractivity contribution is 9.10. The van der Waals surface area contributed by atoms with E-state index >= 15 is 4.39 Å². The zero-order chi connectivity index (χ0) is 50.2. The molecule has 6 rings (SSSR count). The number of carbonyl (C=O) groups excluding carboxylic acids is 5. The van der Waals surface area contributed by atoms with Crippen molar-refractivity contribution in [2.75, 3.05) is 75.5 Å². The molecule has 0 saturated carbocycles. The van der Waals surface area contributed by atoms with E-state index in [9.17, 15) is 24.0 Å². The predicted octanol–water partition coefficient (Wildman–Crippen LogP) is 8.00. The van der Waals surface area contributed by atoms with Gasteiger partial charge in [-0.1, -0.05) is 41.4 Å². The third kappa shape index (κ3) is 14.9. The molecule has 0 aliphatic carbocycles. The number of aromatic nitrogens is 2. The minimum absolute atomic E-state index is 0.104. The molecule has 3 heterocycles. The summed E-state index contributed by atoms with van der Waals surface area (Å²) in [6.45, 7) is 13.5.